The molecule has 0 aliphatic rings. The average molecular weight is 262 g/mol. The molecule has 1 aromatic carbocycles. The molecule has 2 aromatic rings. The van der Waals surface area contributed by atoms with Gasteiger partial charge >= 0.3 is 85.5 Å². The number of hydrogen-bond donors (Lipinski definition) is 1. The van der Waals surface area contributed by atoms with Crippen molar-refractivity contribution in [2.75, 3.05) is 0 Å². The molecule has 6 heteroatoms. The summed E-state index contributed by atoms with van der Waals surface area (Å²) in [7, 11) is 0. The van der Waals surface area contributed by atoms with E-state index in [1.165, 1.54) is 22.9 Å². The Labute approximate surface area is 86.0 Å². The van der Waals surface area contributed by atoms with Crippen LogP contribution < -0.4 is 4.48 Å². The van der Waals surface area contributed by atoms with Crippen LogP contribution in [-0.4, -0.2) is 27.1 Å². The zero-order valence-electron chi connectivity index (χ0n) is 6.89. The van der Waals surface area contributed by atoms with Crippen molar-refractivity contribution in [3.05, 3.63) is 23.8 Å². The SMILES string of the molecule is FC(F)(F)c1ccc2[nH]nc([AsH2])c2c1. The Morgan fingerprint density at radius 2 is 2.00 bits per heavy atom. The monoisotopic (exact) mass is 262 g/mol. The summed E-state index contributed by atoms with van der Waals surface area (Å²) in [6.45, 7) is 0. The molecule has 0 fully saturated rings. The maximum atomic E-state index is 12.3. The van der Waals surface area contributed by atoms with Crippen LogP contribution >= 0.6 is 0 Å². The van der Waals surface area contributed by atoms with E-state index in [-0.39, 0.29) is 0 Å². The van der Waals surface area contributed by atoms with Crippen molar-refractivity contribution < 1.29 is 13.2 Å². The minimum atomic E-state index is -4.29. The van der Waals surface area contributed by atoms with Crippen LogP contribution in [0.1, 0.15) is 5.56 Å². The van der Waals surface area contributed by atoms with Gasteiger partial charge in [-0.3, -0.25) is 0 Å². The number of H-pyrrole nitrogens is 1. The molecule has 1 unspecified atom stereocenters. The van der Waals surface area contributed by atoms with Crippen molar-refractivity contribution in [3.63, 3.8) is 0 Å². The van der Waals surface area contributed by atoms with E-state index in [9.17, 15) is 13.2 Å². The number of rotatable bonds is 0. The summed E-state index contributed by atoms with van der Waals surface area (Å²) < 4.78 is 37.6. The van der Waals surface area contributed by atoms with Crippen molar-refractivity contribution in [1.82, 2.24) is 10.2 Å². The fourth-order valence-electron chi connectivity index (χ4n) is 1.21. The molecular formula is C8H6AsF3N2. The van der Waals surface area contributed by atoms with Crippen molar-refractivity contribution >= 4 is 32.2 Å². The molecule has 1 aromatic heterocycles. The second-order valence-corrected chi connectivity index (χ2v) is 4.01. The molecule has 14 heavy (non-hydrogen) atoms. The number of benzene rings is 1. The predicted octanol–water partition coefficient (Wildman–Crippen LogP) is 0.840. The van der Waals surface area contributed by atoms with Crippen LogP contribution in [0.5, 0.6) is 0 Å². The normalized spacial score (nSPS) is 12.3. The van der Waals surface area contributed by atoms with Crippen LogP contribution in [-0.2, 0) is 6.18 Å². The van der Waals surface area contributed by atoms with Gasteiger partial charge in [0.25, 0.3) is 0 Å². The predicted molar refractivity (Wildman–Crippen MR) is 49.3 cm³/mol. The van der Waals surface area contributed by atoms with Crippen LogP contribution in [0.2, 0.25) is 0 Å². The molecule has 0 aliphatic heterocycles. The first-order chi connectivity index (χ1) is 6.48. The van der Waals surface area contributed by atoms with Gasteiger partial charge in [0.15, 0.2) is 0 Å². The number of aromatic amines is 1. The first kappa shape index (κ1) is 9.59. The van der Waals surface area contributed by atoms with E-state index in [1.54, 1.807) is 0 Å². The molecule has 1 heterocycles. The first-order valence-corrected chi connectivity index (χ1v) is 5.00. The van der Waals surface area contributed by atoms with Crippen LogP contribution in [0.3, 0.4) is 0 Å². The third kappa shape index (κ3) is 1.52. The molecule has 1 N–H and O–H groups in total. The number of nitrogens with one attached hydrogen (secondary N) is 1. The van der Waals surface area contributed by atoms with Gasteiger partial charge in [-0.05, 0) is 0 Å². The van der Waals surface area contributed by atoms with Gasteiger partial charge in [-0.15, -0.1) is 0 Å². The zero-order chi connectivity index (χ0) is 10.3. The van der Waals surface area contributed by atoms with E-state index in [0.29, 0.717) is 15.4 Å². The van der Waals surface area contributed by atoms with E-state index < -0.39 is 11.7 Å². The van der Waals surface area contributed by atoms with Gasteiger partial charge in [0.1, 0.15) is 0 Å². The zero-order valence-corrected chi connectivity index (χ0v) is 9.31. The number of nitrogens with zero attached hydrogens (tertiary/aromatic N) is 1. The molecule has 1 atom stereocenters. The fraction of sp³-hybridized carbons (Fsp3) is 0.125. The molecule has 74 valence electrons. The number of aromatic nitrogens is 2. The molecule has 0 saturated heterocycles. The standard InChI is InChI=1S/C8H6AsF3N2/c9-7-5-3-4(8(10,11)12)1-2-6(5)13-14-7/h1-3H,9H2,(H,13,14). The van der Waals surface area contributed by atoms with Gasteiger partial charge in [0, 0.05) is 0 Å². The van der Waals surface area contributed by atoms with Gasteiger partial charge in [-0.2, -0.15) is 0 Å². The molecule has 2 rings (SSSR count). The first-order valence-electron chi connectivity index (χ1n) is 3.79. The van der Waals surface area contributed by atoms with E-state index >= 15 is 0 Å². The van der Waals surface area contributed by atoms with Crippen LogP contribution in [0.15, 0.2) is 18.2 Å². The quantitative estimate of drug-likeness (QED) is 0.700. The van der Waals surface area contributed by atoms with Crippen molar-refractivity contribution in [2.24, 2.45) is 0 Å². The number of hydrogen-bond acceptors (Lipinski definition) is 1. The third-order valence-corrected chi connectivity index (χ3v) is 2.84. The molecule has 0 bridgehead atoms. The van der Waals surface area contributed by atoms with Crippen molar-refractivity contribution in [2.45, 2.75) is 6.18 Å². The van der Waals surface area contributed by atoms with Crippen LogP contribution in [0.4, 0.5) is 13.2 Å². The summed E-state index contributed by atoms with van der Waals surface area (Å²) in [6, 6.07) is 3.57. The second kappa shape index (κ2) is 3.02. The summed E-state index contributed by atoms with van der Waals surface area (Å²) in [5, 5.41) is 7.06. The molecule has 0 aliphatic carbocycles. The molecule has 0 radical (unpaired) electrons. The third-order valence-electron chi connectivity index (χ3n) is 1.92. The second-order valence-electron chi connectivity index (χ2n) is 2.87. The molecular weight excluding hydrogens is 256 g/mol. The average Bonchev–Trinajstić information content (AvgIpc) is 2.46. The van der Waals surface area contributed by atoms with Crippen molar-refractivity contribution in [1.29, 1.82) is 0 Å². The van der Waals surface area contributed by atoms with Gasteiger partial charge < -0.3 is 0 Å². The topological polar surface area (TPSA) is 28.7 Å². The number of fused-ring (bicyclic) bond motifs is 1. The van der Waals surface area contributed by atoms with Gasteiger partial charge in [0.05, 0.1) is 0 Å². The summed E-state index contributed by atoms with van der Waals surface area (Å²) >= 11 is 1.20. The fourth-order valence-corrected chi connectivity index (χ4v) is 1.85. The van der Waals surface area contributed by atoms with Crippen LogP contribution in [0, 0.1) is 0 Å². The minimum absolute atomic E-state index is 0.542. The van der Waals surface area contributed by atoms with E-state index in [1.807, 2.05) is 0 Å². The van der Waals surface area contributed by atoms with Crippen molar-refractivity contribution in [3.8, 4) is 0 Å². The Kier molecular flexibility index (Phi) is 2.07. The summed E-state index contributed by atoms with van der Waals surface area (Å²) in [6.07, 6.45) is -4.29. The summed E-state index contributed by atoms with van der Waals surface area (Å²) in [4.78, 5) is 0. The Morgan fingerprint density at radius 3 is 2.64 bits per heavy atom. The Morgan fingerprint density at radius 1 is 1.29 bits per heavy atom. The van der Waals surface area contributed by atoms with E-state index in [2.05, 4.69) is 10.2 Å². The van der Waals surface area contributed by atoms with Crippen LogP contribution in [0.25, 0.3) is 10.9 Å². The molecule has 0 spiro atoms. The summed E-state index contributed by atoms with van der Waals surface area (Å²) in [5.74, 6) is 0. The van der Waals surface area contributed by atoms with Gasteiger partial charge in [0.2, 0.25) is 0 Å². The maximum absolute atomic E-state index is 12.3. The number of alkyl halides is 3. The Balaban J connectivity index is 2.66. The summed E-state index contributed by atoms with van der Waals surface area (Å²) in [5.41, 5.74) is 0.00248. The van der Waals surface area contributed by atoms with E-state index in [4.69, 9.17) is 0 Å². The Bertz CT molecular complexity index is 475. The van der Waals surface area contributed by atoms with Gasteiger partial charge in [-0.25, -0.2) is 0 Å². The number of halogens is 3. The molecule has 0 amide bonds. The van der Waals surface area contributed by atoms with E-state index in [0.717, 1.165) is 12.1 Å². The Hall–Kier alpha value is -0.962. The molecule has 0 saturated carbocycles. The van der Waals surface area contributed by atoms with Gasteiger partial charge in [-0.1, -0.05) is 0 Å². The molecule has 2 nitrogen and oxygen atoms in total.